The molecule has 6 aromatic rings. The minimum Gasteiger partial charge on any atom is -0.0622 e. The summed E-state index contributed by atoms with van der Waals surface area (Å²) in [7, 11) is -0.675. The molecule has 0 fully saturated rings. The maximum absolute atomic E-state index is 3.95. The van der Waals surface area contributed by atoms with Crippen LogP contribution < -0.4 is 15.9 Å². The molecule has 0 saturated carbocycles. The maximum atomic E-state index is 3.95. The van der Waals surface area contributed by atoms with E-state index in [0.717, 1.165) is 0 Å². The van der Waals surface area contributed by atoms with Gasteiger partial charge in [-0.05, 0) is 167 Å². The highest BCUT2D eigenvalue weighted by Crippen LogP contribution is 2.66. The number of hydrogen-bond acceptors (Lipinski definition) is 0. The monoisotopic (exact) mass is 948 g/mol. The van der Waals surface area contributed by atoms with Gasteiger partial charge in [0.1, 0.15) is 0 Å². The van der Waals surface area contributed by atoms with Crippen molar-refractivity contribution in [2.45, 2.75) is 141 Å². The smallest absolute Gasteiger partial charge is 0.0247 e. The number of hydrogen-bond donors (Lipinski definition) is 0. The van der Waals surface area contributed by atoms with Crippen LogP contribution in [0.4, 0.5) is 0 Å². The summed E-state index contributed by atoms with van der Waals surface area (Å²) in [5.74, 6) is 0. The largest absolute Gasteiger partial charge is 0.0622 e. The third-order valence-electron chi connectivity index (χ3n) is 15.0. The molecule has 0 nitrogen and oxygen atoms in total. The van der Waals surface area contributed by atoms with Crippen molar-refractivity contribution < 1.29 is 0 Å². The van der Waals surface area contributed by atoms with Gasteiger partial charge in [-0.25, -0.2) is 0 Å². The van der Waals surface area contributed by atoms with Gasteiger partial charge in [0.25, 0.3) is 0 Å². The molecule has 0 amide bonds. The Hall–Kier alpha value is -3.29. The van der Waals surface area contributed by atoms with Crippen molar-refractivity contribution >= 4 is 55.7 Å². The zero-order valence-corrected chi connectivity index (χ0v) is 42.6. The van der Waals surface area contributed by atoms with E-state index in [4.69, 9.17) is 0 Å². The fraction of sp³-hybridized carbons (Fsp3) is 0.379. The molecule has 0 aromatic heterocycles. The highest BCUT2D eigenvalue weighted by molar-refractivity contribution is 9.10. The minimum absolute atomic E-state index is 0.0541. The Balaban J connectivity index is 0.000000167. The molecule has 6 aromatic carbocycles. The van der Waals surface area contributed by atoms with E-state index in [2.05, 4.69) is 230 Å². The zero-order chi connectivity index (χ0) is 43.7. The van der Waals surface area contributed by atoms with E-state index in [9.17, 15) is 0 Å². The first-order valence-corrected chi connectivity index (χ1v) is 25.3. The Morgan fingerprint density at radius 2 is 0.754 bits per heavy atom. The fourth-order valence-electron chi connectivity index (χ4n) is 13.2. The predicted molar refractivity (Wildman–Crippen MR) is 271 cm³/mol. The van der Waals surface area contributed by atoms with Gasteiger partial charge in [0.05, 0.1) is 0 Å². The third kappa shape index (κ3) is 6.82. The molecule has 314 valence electrons. The van der Waals surface area contributed by atoms with Gasteiger partial charge in [-0.3, -0.25) is 0 Å². The van der Waals surface area contributed by atoms with Crippen LogP contribution >= 0.6 is 39.8 Å². The van der Waals surface area contributed by atoms with Gasteiger partial charge in [0.2, 0.25) is 0 Å². The van der Waals surface area contributed by atoms with E-state index in [1.807, 2.05) is 0 Å². The van der Waals surface area contributed by atoms with Crippen LogP contribution in [0.5, 0.6) is 0 Å². The van der Waals surface area contributed by atoms with Crippen molar-refractivity contribution in [2.75, 3.05) is 0 Å². The number of benzene rings is 6. The van der Waals surface area contributed by atoms with Gasteiger partial charge in [-0.15, -0.1) is 0 Å². The second-order valence-corrected chi connectivity index (χ2v) is 25.9. The highest BCUT2D eigenvalue weighted by Gasteiger charge is 2.59. The summed E-state index contributed by atoms with van der Waals surface area (Å²) in [4.78, 5) is 0. The molecular formula is C58H63Br2P. The van der Waals surface area contributed by atoms with E-state index in [-0.39, 0.29) is 32.5 Å². The summed E-state index contributed by atoms with van der Waals surface area (Å²) in [6.07, 6.45) is 4.71. The summed E-state index contributed by atoms with van der Waals surface area (Å²) in [5, 5.41) is 4.44. The third-order valence-corrected chi connectivity index (χ3v) is 18.7. The molecule has 0 unspecified atom stereocenters. The molecule has 0 heterocycles. The summed E-state index contributed by atoms with van der Waals surface area (Å²) >= 11 is 7.90. The van der Waals surface area contributed by atoms with E-state index >= 15 is 0 Å². The molecule has 10 rings (SSSR count). The predicted octanol–water partition coefficient (Wildman–Crippen LogP) is 15.2. The van der Waals surface area contributed by atoms with E-state index in [0.29, 0.717) is 0 Å². The topological polar surface area (TPSA) is 0 Å². The number of fused-ring (bicyclic) bond motifs is 8. The Labute approximate surface area is 385 Å². The maximum Gasteiger partial charge on any atom is 0.0247 e. The van der Waals surface area contributed by atoms with Gasteiger partial charge in [-0.2, -0.15) is 0 Å². The Kier molecular flexibility index (Phi) is 10.3. The average Bonchev–Trinajstić information content (AvgIpc) is 3.72. The van der Waals surface area contributed by atoms with Crippen LogP contribution in [0.1, 0.15) is 148 Å². The second kappa shape index (κ2) is 14.6. The molecule has 0 radical (unpaired) electrons. The molecule has 61 heavy (non-hydrogen) atoms. The summed E-state index contributed by atoms with van der Waals surface area (Å²) in [6.45, 7) is 28.5. The molecular weight excluding hydrogens is 887 g/mol. The summed E-state index contributed by atoms with van der Waals surface area (Å²) in [6, 6.07) is 44.3. The van der Waals surface area contributed by atoms with E-state index < -0.39 is 7.92 Å². The van der Waals surface area contributed by atoms with Crippen molar-refractivity contribution in [3.63, 3.8) is 0 Å². The second-order valence-electron chi connectivity index (χ2n) is 22.0. The van der Waals surface area contributed by atoms with Gasteiger partial charge in [-0.1, -0.05) is 202 Å². The zero-order valence-electron chi connectivity index (χ0n) is 38.5. The lowest BCUT2D eigenvalue weighted by Crippen LogP contribution is -2.33. The molecule has 1 atom stereocenters. The SMILES string of the molecule is Cc1cc(Br)c2c(c1)C(C)(C)CC21CC(C)(C)c2cc(C)cc(Br)c21.Cc1ccc2c(c1)C(C)(C)C[C@@]21CC(C)(C)c2cc(C)cc(P(c3ccccc3)c3ccccc3)c21. The Bertz CT molecular complexity index is 2600. The summed E-state index contributed by atoms with van der Waals surface area (Å²) < 4.78 is 2.56. The lowest BCUT2D eigenvalue weighted by atomic mass is 9.72. The van der Waals surface area contributed by atoms with Crippen LogP contribution in [0.25, 0.3) is 0 Å². The number of aryl methyl sites for hydroxylation is 4. The Morgan fingerprint density at radius 3 is 1.21 bits per heavy atom. The lowest BCUT2D eigenvalue weighted by Gasteiger charge is -2.34. The molecule has 0 bridgehead atoms. The molecule has 2 spiro atoms. The average molecular weight is 951 g/mol. The van der Waals surface area contributed by atoms with Crippen LogP contribution in [-0.4, -0.2) is 0 Å². The standard InChI is InChI=1S/C35H37P.C23H26Br2/c1-24-17-18-28-29(19-24)33(3,4)22-35(28)23-34(5,6)30-20-25(2)21-31(32(30)35)36(26-13-9-7-10-14-26)27-15-11-8-12-16-27;1-13-7-15-19(17(24)9-13)23(11-21(15,3)4)12-22(5,6)16-8-14(2)10-18(25)20(16)23/h7-21H,22-23H2,1-6H3;7-10H,11-12H2,1-6H3/t35-;/m1./s1. The molecule has 0 N–H and O–H groups in total. The quantitative estimate of drug-likeness (QED) is 0.155. The van der Waals surface area contributed by atoms with Crippen LogP contribution in [-0.2, 0) is 32.5 Å². The first-order valence-electron chi connectivity index (χ1n) is 22.4. The van der Waals surface area contributed by atoms with Crippen molar-refractivity contribution in [1.82, 2.24) is 0 Å². The van der Waals surface area contributed by atoms with Gasteiger partial charge in [0, 0.05) is 19.8 Å². The van der Waals surface area contributed by atoms with Crippen LogP contribution in [0.3, 0.4) is 0 Å². The van der Waals surface area contributed by atoms with Crippen LogP contribution in [0.2, 0.25) is 0 Å². The minimum atomic E-state index is -0.675. The fourth-order valence-corrected chi connectivity index (χ4v) is 17.8. The van der Waals surface area contributed by atoms with Crippen LogP contribution in [0.15, 0.2) is 124 Å². The van der Waals surface area contributed by atoms with Crippen molar-refractivity contribution in [3.05, 3.63) is 191 Å². The molecule has 4 aliphatic carbocycles. The normalized spacial score (nSPS) is 21.2. The van der Waals surface area contributed by atoms with Crippen LogP contribution in [0, 0.1) is 27.7 Å². The first-order chi connectivity index (χ1) is 28.6. The molecule has 4 aliphatic rings. The van der Waals surface area contributed by atoms with Crippen molar-refractivity contribution in [3.8, 4) is 0 Å². The first kappa shape index (κ1) is 43.0. The van der Waals surface area contributed by atoms with Gasteiger partial charge < -0.3 is 0 Å². The van der Waals surface area contributed by atoms with Crippen molar-refractivity contribution in [1.29, 1.82) is 0 Å². The molecule has 3 heteroatoms. The van der Waals surface area contributed by atoms with Gasteiger partial charge >= 0.3 is 0 Å². The lowest BCUT2D eigenvalue weighted by molar-refractivity contribution is 0.348. The van der Waals surface area contributed by atoms with E-state index in [1.54, 1.807) is 27.6 Å². The van der Waals surface area contributed by atoms with Crippen molar-refractivity contribution in [2.24, 2.45) is 0 Å². The molecule has 0 saturated heterocycles. The van der Waals surface area contributed by atoms with E-state index in [1.165, 1.54) is 89.7 Å². The number of rotatable bonds is 3. The number of halogens is 2. The molecule has 0 aliphatic heterocycles. The summed E-state index contributed by atoms with van der Waals surface area (Å²) in [5.41, 5.74) is 18.7. The van der Waals surface area contributed by atoms with Gasteiger partial charge in [0.15, 0.2) is 0 Å². The highest BCUT2D eigenvalue weighted by atomic mass is 79.9. The Morgan fingerprint density at radius 1 is 0.377 bits per heavy atom.